The van der Waals surface area contributed by atoms with Crippen molar-refractivity contribution in [1.82, 2.24) is 20.0 Å². The van der Waals surface area contributed by atoms with Crippen LogP contribution in [0.3, 0.4) is 0 Å². The van der Waals surface area contributed by atoms with E-state index in [1.165, 1.54) is 0 Å². The largest absolute Gasteiger partial charge is 0.367 e. The molecule has 0 radical (unpaired) electrons. The maximum absolute atomic E-state index is 8.77. The molecule has 19 heavy (non-hydrogen) atoms. The van der Waals surface area contributed by atoms with Gasteiger partial charge in [-0.15, -0.1) is 0 Å². The molecule has 98 valence electrons. The molecule has 0 aromatic carbocycles. The molecule has 1 atom stereocenters. The second kappa shape index (κ2) is 4.84. The summed E-state index contributed by atoms with van der Waals surface area (Å²) in [5.41, 5.74) is 1.17. The normalized spacial score (nSPS) is 20.3. The molecule has 0 saturated carbocycles. The Morgan fingerprint density at radius 1 is 1.58 bits per heavy atom. The predicted molar refractivity (Wildman–Crippen MR) is 65.0 cm³/mol. The van der Waals surface area contributed by atoms with Crippen molar-refractivity contribution in [2.75, 3.05) is 26.7 Å². The van der Waals surface area contributed by atoms with E-state index in [-0.39, 0.29) is 6.10 Å². The zero-order chi connectivity index (χ0) is 13.2. The highest BCUT2D eigenvalue weighted by Gasteiger charge is 2.24. The van der Waals surface area contributed by atoms with E-state index >= 15 is 0 Å². The lowest BCUT2D eigenvalue weighted by molar-refractivity contribution is -0.0264. The minimum absolute atomic E-state index is 0.165. The Balaban J connectivity index is 1.81. The number of aromatic nitrogens is 3. The molecule has 3 heterocycles. The van der Waals surface area contributed by atoms with Crippen molar-refractivity contribution >= 4 is 0 Å². The van der Waals surface area contributed by atoms with E-state index in [1.54, 1.807) is 12.3 Å². The molecule has 2 aromatic rings. The fourth-order valence-electron chi connectivity index (χ4n) is 1.99. The summed E-state index contributed by atoms with van der Waals surface area (Å²) in [5, 5.41) is 12.7. The molecule has 0 amide bonds. The first-order valence-electron chi connectivity index (χ1n) is 5.99. The van der Waals surface area contributed by atoms with Gasteiger partial charge >= 0.3 is 0 Å². The average Bonchev–Trinajstić information content (AvgIpc) is 3.07. The molecule has 2 aromatic heterocycles. The first kappa shape index (κ1) is 11.9. The van der Waals surface area contributed by atoms with Crippen LogP contribution in [0.4, 0.5) is 0 Å². The molecule has 1 fully saturated rings. The highest BCUT2D eigenvalue weighted by Crippen LogP contribution is 2.22. The summed E-state index contributed by atoms with van der Waals surface area (Å²) < 4.78 is 10.8. The number of ether oxygens (including phenoxy) is 1. The molecule has 1 saturated heterocycles. The second-order valence-electron chi connectivity index (χ2n) is 4.49. The van der Waals surface area contributed by atoms with Gasteiger partial charge in [0.05, 0.1) is 12.2 Å². The van der Waals surface area contributed by atoms with Gasteiger partial charge in [0.25, 0.3) is 5.89 Å². The molecule has 7 heteroatoms. The van der Waals surface area contributed by atoms with Crippen molar-refractivity contribution in [1.29, 1.82) is 5.26 Å². The van der Waals surface area contributed by atoms with Gasteiger partial charge < -0.3 is 19.1 Å². The van der Waals surface area contributed by atoms with E-state index in [0.717, 1.165) is 13.1 Å². The van der Waals surface area contributed by atoms with Crippen LogP contribution in [0.25, 0.3) is 11.6 Å². The fraction of sp³-hybridized carbons (Fsp3) is 0.417. The van der Waals surface area contributed by atoms with Gasteiger partial charge in [-0.25, -0.2) is 0 Å². The van der Waals surface area contributed by atoms with Crippen LogP contribution < -0.4 is 0 Å². The molecule has 7 nitrogen and oxygen atoms in total. The number of morpholine rings is 1. The summed E-state index contributed by atoms with van der Waals surface area (Å²) in [6.45, 7) is 2.31. The van der Waals surface area contributed by atoms with Crippen molar-refractivity contribution in [2.45, 2.75) is 6.10 Å². The summed E-state index contributed by atoms with van der Waals surface area (Å²) in [4.78, 5) is 9.40. The molecular weight excluding hydrogens is 246 g/mol. The third-order valence-corrected chi connectivity index (χ3v) is 3.04. The maximum Gasteiger partial charge on any atom is 0.274 e. The van der Waals surface area contributed by atoms with Gasteiger partial charge in [-0.3, -0.25) is 0 Å². The fourth-order valence-corrected chi connectivity index (χ4v) is 1.99. The lowest BCUT2D eigenvalue weighted by Crippen LogP contribution is -2.35. The van der Waals surface area contributed by atoms with Crippen molar-refractivity contribution in [3.63, 3.8) is 0 Å². The molecule has 1 aliphatic heterocycles. The number of nitriles is 1. The van der Waals surface area contributed by atoms with Crippen LogP contribution in [0.5, 0.6) is 0 Å². The average molecular weight is 259 g/mol. The van der Waals surface area contributed by atoms with Crippen LogP contribution in [0.15, 0.2) is 16.8 Å². The Hall–Kier alpha value is -2.17. The lowest BCUT2D eigenvalue weighted by Gasteiger charge is -2.27. The highest BCUT2D eigenvalue weighted by atomic mass is 16.5. The van der Waals surface area contributed by atoms with Gasteiger partial charge in [-0.05, 0) is 13.1 Å². The number of H-pyrrole nitrogens is 1. The molecule has 1 unspecified atom stereocenters. The van der Waals surface area contributed by atoms with Crippen LogP contribution in [0.1, 0.15) is 17.5 Å². The van der Waals surface area contributed by atoms with E-state index in [0.29, 0.717) is 29.6 Å². The molecule has 3 rings (SSSR count). The van der Waals surface area contributed by atoms with E-state index in [9.17, 15) is 0 Å². The van der Waals surface area contributed by atoms with Crippen molar-refractivity contribution in [3.8, 4) is 17.7 Å². The standard InChI is InChI=1S/C12H13N5O2/c1-17-2-3-18-10(7-17)11-15-12(19-16-11)9-4-8(5-13)6-14-9/h4,6,10,14H,2-3,7H2,1H3. The predicted octanol–water partition coefficient (Wildman–Crippen LogP) is 0.939. The first-order valence-corrected chi connectivity index (χ1v) is 5.99. The van der Waals surface area contributed by atoms with Crippen molar-refractivity contribution < 1.29 is 9.26 Å². The molecular formula is C12H13N5O2. The zero-order valence-corrected chi connectivity index (χ0v) is 10.5. The molecule has 0 bridgehead atoms. The van der Waals surface area contributed by atoms with E-state index in [1.807, 2.05) is 13.1 Å². The van der Waals surface area contributed by atoms with E-state index in [2.05, 4.69) is 20.0 Å². The third-order valence-electron chi connectivity index (χ3n) is 3.04. The van der Waals surface area contributed by atoms with Crippen LogP contribution in [0.2, 0.25) is 0 Å². The quantitative estimate of drug-likeness (QED) is 0.863. The third kappa shape index (κ3) is 2.36. The van der Waals surface area contributed by atoms with Gasteiger partial charge in [0.2, 0.25) is 5.82 Å². The van der Waals surface area contributed by atoms with Gasteiger partial charge in [0.1, 0.15) is 17.9 Å². The number of aromatic amines is 1. The second-order valence-corrected chi connectivity index (χ2v) is 4.49. The molecule has 0 aliphatic carbocycles. The smallest absolute Gasteiger partial charge is 0.274 e. The summed E-state index contributed by atoms with van der Waals surface area (Å²) in [6, 6.07) is 3.71. The Morgan fingerprint density at radius 3 is 3.21 bits per heavy atom. The molecule has 0 spiro atoms. The highest BCUT2D eigenvalue weighted by molar-refractivity contribution is 5.51. The minimum atomic E-state index is -0.165. The number of likely N-dealkylation sites (N-methyl/N-ethyl adjacent to an activating group) is 1. The topological polar surface area (TPSA) is 91.0 Å². The Bertz CT molecular complexity index is 612. The number of nitrogens with one attached hydrogen (secondary N) is 1. The number of nitrogens with zero attached hydrogens (tertiary/aromatic N) is 4. The summed E-state index contributed by atoms with van der Waals surface area (Å²) in [6.07, 6.45) is 1.44. The first-order chi connectivity index (χ1) is 9.26. The van der Waals surface area contributed by atoms with Crippen LogP contribution in [0, 0.1) is 11.3 Å². The Morgan fingerprint density at radius 2 is 2.47 bits per heavy atom. The van der Waals surface area contributed by atoms with Crippen molar-refractivity contribution in [2.24, 2.45) is 0 Å². The Kier molecular flexibility index (Phi) is 3.03. The van der Waals surface area contributed by atoms with Gasteiger partial charge in [-0.2, -0.15) is 10.2 Å². The maximum atomic E-state index is 8.77. The molecule has 1 aliphatic rings. The van der Waals surface area contributed by atoms with Crippen LogP contribution in [-0.2, 0) is 4.74 Å². The zero-order valence-electron chi connectivity index (χ0n) is 10.5. The summed E-state index contributed by atoms with van der Waals surface area (Å²) in [7, 11) is 2.03. The van der Waals surface area contributed by atoms with Crippen molar-refractivity contribution in [3.05, 3.63) is 23.7 Å². The van der Waals surface area contributed by atoms with Gasteiger partial charge in [0, 0.05) is 19.3 Å². The summed E-state index contributed by atoms with van der Waals surface area (Å²) >= 11 is 0. The monoisotopic (exact) mass is 259 g/mol. The number of hydrogen-bond donors (Lipinski definition) is 1. The number of hydrogen-bond acceptors (Lipinski definition) is 6. The van der Waals surface area contributed by atoms with Gasteiger partial charge in [0.15, 0.2) is 0 Å². The number of rotatable bonds is 2. The van der Waals surface area contributed by atoms with E-state index < -0.39 is 0 Å². The van der Waals surface area contributed by atoms with Gasteiger partial charge in [-0.1, -0.05) is 5.16 Å². The lowest BCUT2D eigenvalue weighted by atomic mass is 10.2. The van der Waals surface area contributed by atoms with Crippen LogP contribution >= 0.6 is 0 Å². The minimum Gasteiger partial charge on any atom is -0.367 e. The molecule has 1 N–H and O–H groups in total. The summed E-state index contributed by atoms with van der Waals surface area (Å²) in [5.74, 6) is 0.906. The Labute approximate surface area is 109 Å². The van der Waals surface area contributed by atoms with E-state index in [4.69, 9.17) is 14.5 Å². The SMILES string of the molecule is CN1CCOC(c2noc(-c3cc(C#N)c[nH]3)n2)C1. The van der Waals surface area contributed by atoms with Crippen LogP contribution in [-0.4, -0.2) is 46.8 Å².